The summed E-state index contributed by atoms with van der Waals surface area (Å²) in [5.74, 6) is -0.197. The lowest BCUT2D eigenvalue weighted by Gasteiger charge is -2.05. The maximum atomic E-state index is 12.1. The Balaban J connectivity index is 2.25. The standard InChI is InChI=1S/C13H10F2O2S/c1-8-5-6-11(18-8)12(16)9-3-2-4-10(7-9)17-13(14)15/h2-7,13H,1H3. The van der Waals surface area contributed by atoms with Gasteiger partial charge in [-0.1, -0.05) is 12.1 Å². The minimum absolute atomic E-state index is 0.0101. The van der Waals surface area contributed by atoms with Gasteiger partial charge in [-0.3, -0.25) is 4.79 Å². The van der Waals surface area contributed by atoms with Crippen LogP contribution in [0.1, 0.15) is 20.1 Å². The van der Waals surface area contributed by atoms with Crippen LogP contribution in [-0.2, 0) is 0 Å². The fourth-order valence-electron chi connectivity index (χ4n) is 1.51. The van der Waals surface area contributed by atoms with E-state index < -0.39 is 6.61 Å². The highest BCUT2D eigenvalue weighted by molar-refractivity contribution is 7.14. The summed E-state index contributed by atoms with van der Waals surface area (Å²) in [6.07, 6.45) is 0. The van der Waals surface area contributed by atoms with Crippen molar-refractivity contribution in [3.63, 3.8) is 0 Å². The maximum absolute atomic E-state index is 12.1. The molecule has 0 spiro atoms. The highest BCUT2D eigenvalue weighted by Gasteiger charge is 2.13. The van der Waals surface area contributed by atoms with Gasteiger partial charge in [-0.15, -0.1) is 11.3 Å². The highest BCUT2D eigenvalue weighted by atomic mass is 32.1. The van der Waals surface area contributed by atoms with Gasteiger partial charge in [0.2, 0.25) is 5.78 Å². The van der Waals surface area contributed by atoms with Gasteiger partial charge in [0.1, 0.15) is 5.75 Å². The number of thiophene rings is 1. The lowest BCUT2D eigenvalue weighted by atomic mass is 10.1. The molecule has 0 aliphatic rings. The minimum Gasteiger partial charge on any atom is -0.435 e. The van der Waals surface area contributed by atoms with E-state index >= 15 is 0 Å². The van der Waals surface area contributed by atoms with Gasteiger partial charge in [-0.05, 0) is 31.2 Å². The summed E-state index contributed by atoms with van der Waals surface area (Å²) in [7, 11) is 0. The van der Waals surface area contributed by atoms with Gasteiger partial charge in [0.05, 0.1) is 4.88 Å². The Kier molecular flexibility index (Phi) is 3.72. The molecular formula is C13H10F2O2S. The number of alkyl halides is 2. The van der Waals surface area contributed by atoms with E-state index in [1.165, 1.54) is 29.5 Å². The summed E-state index contributed by atoms with van der Waals surface area (Å²) in [5.41, 5.74) is 0.343. The second-order valence-electron chi connectivity index (χ2n) is 3.65. The Morgan fingerprint density at radius 3 is 2.67 bits per heavy atom. The van der Waals surface area contributed by atoms with Gasteiger partial charge in [0.25, 0.3) is 0 Å². The van der Waals surface area contributed by atoms with Crippen LogP contribution in [0, 0.1) is 6.92 Å². The van der Waals surface area contributed by atoms with E-state index in [4.69, 9.17) is 0 Å². The van der Waals surface area contributed by atoms with Crippen LogP contribution in [0.2, 0.25) is 0 Å². The van der Waals surface area contributed by atoms with E-state index in [0.717, 1.165) is 4.88 Å². The first-order valence-corrected chi connectivity index (χ1v) is 6.04. The zero-order valence-electron chi connectivity index (χ0n) is 9.52. The van der Waals surface area contributed by atoms with Crippen molar-refractivity contribution in [2.24, 2.45) is 0 Å². The number of benzene rings is 1. The Morgan fingerprint density at radius 1 is 1.28 bits per heavy atom. The van der Waals surface area contributed by atoms with Crippen molar-refractivity contribution in [2.45, 2.75) is 13.5 Å². The predicted molar refractivity (Wildman–Crippen MR) is 65.6 cm³/mol. The molecule has 0 N–H and O–H groups in total. The molecule has 18 heavy (non-hydrogen) atoms. The molecule has 0 saturated heterocycles. The maximum Gasteiger partial charge on any atom is 0.387 e. The number of halogens is 2. The van der Waals surface area contributed by atoms with Gasteiger partial charge < -0.3 is 4.74 Å². The molecule has 1 aromatic heterocycles. The molecule has 0 atom stereocenters. The van der Waals surface area contributed by atoms with E-state index in [-0.39, 0.29) is 11.5 Å². The SMILES string of the molecule is Cc1ccc(C(=O)c2cccc(OC(F)F)c2)s1. The second kappa shape index (κ2) is 5.27. The van der Waals surface area contributed by atoms with Gasteiger partial charge in [-0.25, -0.2) is 0 Å². The Labute approximate surface area is 107 Å². The zero-order valence-corrected chi connectivity index (χ0v) is 10.3. The molecule has 0 aliphatic carbocycles. The fraction of sp³-hybridized carbons (Fsp3) is 0.154. The summed E-state index contributed by atoms with van der Waals surface area (Å²) in [4.78, 5) is 13.7. The number of ketones is 1. The van der Waals surface area contributed by atoms with Crippen molar-refractivity contribution in [3.8, 4) is 5.75 Å². The van der Waals surface area contributed by atoms with E-state index in [9.17, 15) is 13.6 Å². The molecule has 2 aromatic rings. The van der Waals surface area contributed by atoms with Gasteiger partial charge in [-0.2, -0.15) is 8.78 Å². The topological polar surface area (TPSA) is 26.3 Å². The molecular weight excluding hydrogens is 258 g/mol. The molecule has 2 nitrogen and oxygen atoms in total. The van der Waals surface area contributed by atoms with E-state index in [0.29, 0.717) is 10.4 Å². The van der Waals surface area contributed by atoms with E-state index in [1.54, 1.807) is 12.1 Å². The van der Waals surface area contributed by atoms with Crippen LogP contribution in [0.3, 0.4) is 0 Å². The van der Waals surface area contributed by atoms with E-state index in [1.807, 2.05) is 13.0 Å². The molecule has 2 rings (SSSR count). The fourth-order valence-corrected chi connectivity index (χ4v) is 2.34. The number of rotatable bonds is 4. The molecule has 94 valence electrons. The van der Waals surface area contributed by atoms with Crippen LogP contribution in [0.4, 0.5) is 8.78 Å². The number of aryl methyl sites for hydroxylation is 1. The van der Waals surface area contributed by atoms with Crippen molar-refractivity contribution >= 4 is 17.1 Å². The Hall–Kier alpha value is -1.75. The molecule has 0 saturated carbocycles. The number of hydrogen-bond donors (Lipinski definition) is 0. The molecule has 0 radical (unpaired) electrons. The monoisotopic (exact) mass is 268 g/mol. The smallest absolute Gasteiger partial charge is 0.387 e. The van der Waals surface area contributed by atoms with Crippen LogP contribution in [-0.4, -0.2) is 12.4 Å². The molecule has 0 unspecified atom stereocenters. The largest absolute Gasteiger partial charge is 0.435 e. The molecule has 0 bridgehead atoms. The summed E-state index contributed by atoms with van der Waals surface area (Å²) in [6.45, 7) is -0.989. The third-order valence-electron chi connectivity index (χ3n) is 2.29. The average molecular weight is 268 g/mol. The second-order valence-corrected chi connectivity index (χ2v) is 4.93. The summed E-state index contributed by atoms with van der Waals surface area (Å²) < 4.78 is 28.4. The lowest BCUT2D eigenvalue weighted by molar-refractivity contribution is -0.0498. The van der Waals surface area contributed by atoms with Gasteiger partial charge in [0, 0.05) is 10.4 Å². The van der Waals surface area contributed by atoms with Crippen LogP contribution >= 0.6 is 11.3 Å². The summed E-state index contributed by atoms with van der Waals surface area (Å²) >= 11 is 1.37. The summed E-state index contributed by atoms with van der Waals surface area (Å²) in [5, 5.41) is 0. The first kappa shape index (κ1) is 12.7. The van der Waals surface area contributed by atoms with E-state index in [2.05, 4.69) is 4.74 Å². The first-order valence-electron chi connectivity index (χ1n) is 5.22. The van der Waals surface area contributed by atoms with Crippen molar-refractivity contribution in [3.05, 3.63) is 51.7 Å². The van der Waals surface area contributed by atoms with Crippen molar-refractivity contribution in [1.29, 1.82) is 0 Å². The average Bonchev–Trinajstić information content (AvgIpc) is 2.74. The van der Waals surface area contributed by atoms with Gasteiger partial charge in [0.15, 0.2) is 0 Å². The third-order valence-corrected chi connectivity index (χ3v) is 3.28. The number of carbonyl (C=O) groups is 1. The molecule has 5 heteroatoms. The third kappa shape index (κ3) is 2.92. The highest BCUT2D eigenvalue weighted by Crippen LogP contribution is 2.22. The quantitative estimate of drug-likeness (QED) is 0.786. The zero-order chi connectivity index (χ0) is 13.1. The molecule has 1 heterocycles. The van der Waals surface area contributed by atoms with Crippen molar-refractivity contribution in [1.82, 2.24) is 0 Å². The molecule has 0 aliphatic heterocycles. The molecule has 0 amide bonds. The lowest BCUT2D eigenvalue weighted by Crippen LogP contribution is -2.04. The molecule has 0 fully saturated rings. The minimum atomic E-state index is -2.89. The number of ether oxygens (including phenoxy) is 1. The van der Waals surface area contributed by atoms with Crippen molar-refractivity contribution < 1.29 is 18.3 Å². The number of carbonyl (C=O) groups excluding carboxylic acids is 1. The van der Waals surface area contributed by atoms with Crippen LogP contribution in [0.15, 0.2) is 36.4 Å². The number of hydrogen-bond acceptors (Lipinski definition) is 3. The van der Waals surface area contributed by atoms with Gasteiger partial charge >= 0.3 is 6.61 Å². The Bertz CT molecular complexity index is 564. The normalized spacial score (nSPS) is 10.7. The summed E-state index contributed by atoms with van der Waals surface area (Å²) in [6, 6.07) is 9.38. The molecule has 1 aromatic carbocycles. The van der Waals surface area contributed by atoms with Crippen LogP contribution in [0.5, 0.6) is 5.75 Å². The van der Waals surface area contributed by atoms with Crippen LogP contribution in [0.25, 0.3) is 0 Å². The van der Waals surface area contributed by atoms with Crippen molar-refractivity contribution in [2.75, 3.05) is 0 Å². The first-order chi connectivity index (χ1) is 8.56. The Morgan fingerprint density at radius 2 is 2.06 bits per heavy atom. The predicted octanol–water partition coefficient (Wildman–Crippen LogP) is 3.89. The van der Waals surface area contributed by atoms with Crippen LogP contribution < -0.4 is 4.74 Å².